The number of nitrogens with one attached hydrogen (secondary N) is 2. The summed E-state index contributed by atoms with van der Waals surface area (Å²) in [6.45, 7) is 1.42. The smallest absolute Gasteiger partial charge is 0.234 e. The van der Waals surface area contributed by atoms with E-state index in [1.54, 1.807) is 14.2 Å². The van der Waals surface area contributed by atoms with Crippen molar-refractivity contribution in [3.8, 4) is 11.5 Å². The average Bonchev–Trinajstić information content (AvgIpc) is 2.63. The number of hydrogen-bond donors (Lipinski definition) is 2. The summed E-state index contributed by atoms with van der Waals surface area (Å²) in [6, 6.07) is 13.3. The van der Waals surface area contributed by atoms with Gasteiger partial charge in [0, 0.05) is 11.6 Å². The Labute approximate surface area is 153 Å². The van der Waals surface area contributed by atoms with Crippen LogP contribution in [0.1, 0.15) is 11.1 Å². The molecule has 0 fully saturated rings. The molecule has 0 saturated heterocycles. The fraction of sp³-hybridized carbons (Fsp3) is 0.316. The molecule has 0 aromatic heterocycles. The normalized spacial score (nSPS) is 10.4. The van der Waals surface area contributed by atoms with Crippen molar-refractivity contribution in [3.63, 3.8) is 0 Å². The molecule has 1 amide bonds. The summed E-state index contributed by atoms with van der Waals surface area (Å²) in [5, 5.41) is 6.73. The quantitative estimate of drug-likeness (QED) is 0.673. The van der Waals surface area contributed by atoms with Gasteiger partial charge in [-0.15, -0.1) is 0 Å². The van der Waals surface area contributed by atoms with Crippen molar-refractivity contribution in [3.05, 3.63) is 58.6 Å². The number of hydrogen-bond acceptors (Lipinski definition) is 4. The molecule has 2 aromatic carbocycles. The first-order valence-corrected chi connectivity index (χ1v) is 8.43. The van der Waals surface area contributed by atoms with E-state index in [0.29, 0.717) is 24.6 Å². The van der Waals surface area contributed by atoms with E-state index >= 15 is 0 Å². The number of rotatable bonds is 9. The van der Waals surface area contributed by atoms with E-state index in [9.17, 15) is 4.79 Å². The highest BCUT2D eigenvalue weighted by atomic mass is 35.5. The van der Waals surface area contributed by atoms with Gasteiger partial charge in [0.25, 0.3) is 0 Å². The lowest BCUT2D eigenvalue weighted by Gasteiger charge is -2.11. The lowest BCUT2D eigenvalue weighted by molar-refractivity contribution is -0.120. The molecule has 0 saturated carbocycles. The maximum Gasteiger partial charge on any atom is 0.234 e. The van der Waals surface area contributed by atoms with Gasteiger partial charge in [-0.2, -0.15) is 0 Å². The first-order chi connectivity index (χ1) is 12.1. The number of carbonyl (C=O) groups is 1. The van der Waals surface area contributed by atoms with Crippen LogP contribution in [0.15, 0.2) is 42.5 Å². The van der Waals surface area contributed by atoms with Crippen LogP contribution in [0.4, 0.5) is 0 Å². The zero-order chi connectivity index (χ0) is 18.1. The molecule has 6 heteroatoms. The minimum atomic E-state index is -0.0547. The second kappa shape index (κ2) is 9.91. The van der Waals surface area contributed by atoms with Gasteiger partial charge in [0.15, 0.2) is 11.5 Å². The molecule has 25 heavy (non-hydrogen) atoms. The molecule has 0 radical (unpaired) electrons. The number of benzene rings is 2. The molecule has 0 aliphatic heterocycles. The standard InChI is InChI=1S/C19H23ClN2O3/c1-24-17-7-6-15(11-18(17)25-2)12-22-19(23)13-21-9-8-14-4-3-5-16(20)10-14/h3-7,10-11,21H,8-9,12-13H2,1-2H3,(H,22,23). The Hall–Kier alpha value is -2.24. The lowest BCUT2D eigenvalue weighted by atomic mass is 10.1. The van der Waals surface area contributed by atoms with Gasteiger partial charge in [-0.05, 0) is 48.4 Å². The molecule has 0 bridgehead atoms. The van der Waals surface area contributed by atoms with E-state index in [1.807, 2.05) is 42.5 Å². The first-order valence-electron chi connectivity index (χ1n) is 8.05. The van der Waals surface area contributed by atoms with Gasteiger partial charge in [0.2, 0.25) is 5.91 Å². The van der Waals surface area contributed by atoms with E-state index in [-0.39, 0.29) is 12.5 Å². The average molecular weight is 363 g/mol. The molecule has 0 spiro atoms. The largest absolute Gasteiger partial charge is 0.493 e. The summed E-state index contributed by atoms with van der Waals surface area (Å²) in [4.78, 5) is 11.9. The second-order valence-corrected chi connectivity index (χ2v) is 5.96. The Morgan fingerprint density at radius 2 is 1.84 bits per heavy atom. The summed E-state index contributed by atoms with van der Waals surface area (Å²) >= 11 is 5.95. The van der Waals surface area contributed by atoms with Crippen LogP contribution in [0.3, 0.4) is 0 Å². The third-order valence-electron chi connectivity index (χ3n) is 3.70. The van der Waals surface area contributed by atoms with Gasteiger partial charge in [0.05, 0.1) is 20.8 Å². The first kappa shape index (κ1) is 19.1. The fourth-order valence-corrected chi connectivity index (χ4v) is 2.59. The number of halogens is 1. The second-order valence-electron chi connectivity index (χ2n) is 5.52. The zero-order valence-electron chi connectivity index (χ0n) is 14.5. The van der Waals surface area contributed by atoms with Crippen molar-refractivity contribution in [2.75, 3.05) is 27.3 Å². The number of methoxy groups -OCH3 is 2. The maximum atomic E-state index is 11.9. The van der Waals surface area contributed by atoms with Crippen LogP contribution in [0.5, 0.6) is 11.5 Å². The summed E-state index contributed by atoms with van der Waals surface area (Å²) in [7, 11) is 3.18. The molecular formula is C19H23ClN2O3. The maximum absolute atomic E-state index is 11.9. The molecule has 0 unspecified atom stereocenters. The predicted molar refractivity (Wildman–Crippen MR) is 99.4 cm³/mol. The molecular weight excluding hydrogens is 340 g/mol. The van der Waals surface area contributed by atoms with Crippen LogP contribution >= 0.6 is 11.6 Å². The van der Waals surface area contributed by atoms with Crippen molar-refractivity contribution in [1.82, 2.24) is 10.6 Å². The Morgan fingerprint density at radius 1 is 1.04 bits per heavy atom. The molecule has 134 valence electrons. The van der Waals surface area contributed by atoms with Crippen LogP contribution in [-0.4, -0.2) is 33.2 Å². The summed E-state index contributed by atoms with van der Waals surface area (Å²) in [6.07, 6.45) is 0.823. The lowest BCUT2D eigenvalue weighted by Crippen LogP contribution is -2.34. The van der Waals surface area contributed by atoms with Crippen molar-refractivity contribution < 1.29 is 14.3 Å². The SMILES string of the molecule is COc1ccc(CNC(=O)CNCCc2cccc(Cl)c2)cc1OC. The summed E-state index contributed by atoms with van der Waals surface area (Å²) < 4.78 is 10.4. The van der Waals surface area contributed by atoms with Gasteiger partial charge >= 0.3 is 0 Å². The van der Waals surface area contributed by atoms with Crippen molar-refractivity contribution >= 4 is 17.5 Å². The Kier molecular flexibility index (Phi) is 7.57. The highest BCUT2D eigenvalue weighted by Crippen LogP contribution is 2.27. The zero-order valence-corrected chi connectivity index (χ0v) is 15.2. The minimum absolute atomic E-state index is 0.0547. The van der Waals surface area contributed by atoms with E-state index in [4.69, 9.17) is 21.1 Å². The fourth-order valence-electron chi connectivity index (χ4n) is 2.38. The molecule has 0 aliphatic rings. The van der Waals surface area contributed by atoms with Crippen molar-refractivity contribution in [2.24, 2.45) is 0 Å². The van der Waals surface area contributed by atoms with Gasteiger partial charge < -0.3 is 20.1 Å². The van der Waals surface area contributed by atoms with Gasteiger partial charge in [0.1, 0.15) is 0 Å². The highest BCUT2D eigenvalue weighted by molar-refractivity contribution is 6.30. The van der Waals surface area contributed by atoms with E-state index in [2.05, 4.69) is 10.6 Å². The topological polar surface area (TPSA) is 59.6 Å². The number of amides is 1. The van der Waals surface area contributed by atoms with Crippen molar-refractivity contribution in [2.45, 2.75) is 13.0 Å². The predicted octanol–water partition coefficient (Wildman–Crippen LogP) is 2.81. The van der Waals surface area contributed by atoms with E-state index < -0.39 is 0 Å². The van der Waals surface area contributed by atoms with Crippen LogP contribution < -0.4 is 20.1 Å². The third kappa shape index (κ3) is 6.29. The monoisotopic (exact) mass is 362 g/mol. The van der Waals surface area contributed by atoms with Crippen LogP contribution in [0.25, 0.3) is 0 Å². The van der Waals surface area contributed by atoms with E-state index in [0.717, 1.165) is 22.6 Å². The van der Waals surface area contributed by atoms with Gasteiger partial charge in [-0.25, -0.2) is 0 Å². The number of ether oxygens (including phenoxy) is 2. The molecule has 5 nitrogen and oxygen atoms in total. The molecule has 0 aliphatic carbocycles. The van der Waals surface area contributed by atoms with Gasteiger partial charge in [-0.1, -0.05) is 29.8 Å². The molecule has 2 N–H and O–H groups in total. The van der Waals surface area contributed by atoms with Crippen LogP contribution in [0.2, 0.25) is 5.02 Å². The molecule has 0 heterocycles. The van der Waals surface area contributed by atoms with E-state index in [1.165, 1.54) is 0 Å². The molecule has 2 rings (SSSR count). The number of carbonyl (C=O) groups excluding carboxylic acids is 1. The summed E-state index contributed by atoms with van der Waals surface area (Å²) in [5.74, 6) is 1.26. The Bertz CT molecular complexity index is 707. The highest BCUT2D eigenvalue weighted by Gasteiger charge is 2.06. The summed E-state index contributed by atoms with van der Waals surface area (Å²) in [5.41, 5.74) is 2.09. The van der Waals surface area contributed by atoms with Gasteiger partial charge in [-0.3, -0.25) is 4.79 Å². The Balaban J connectivity index is 1.70. The van der Waals surface area contributed by atoms with Crippen LogP contribution in [0, 0.1) is 0 Å². The minimum Gasteiger partial charge on any atom is -0.493 e. The third-order valence-corrected chi connectivity index (χ3v) is 3.94. The molecule has 2 aromatic rings. The van der Waals surface area contributed by atoms with Crippen LogP contribution in [-0.2, 0) is 17.8 Å². The van der Waals surface area contributed by atoms with Crippen molar-refractivity contribution in [1.29, 1.82) is 0 Å². The Morgan fingerprint density at radius 3 is 2.56 bits per heavy atom. The molecule has 0 atom stereocenters.